The maximum atomic E-state index is 12.9. The van der Waals surface area contributed by atoms with E-state index in [9.17, 15) is 13.2 Å². The Balaban J connectivity index is 0.00000243. The van der Waals surface area contributed by atoms with Crippen LogP contribution in [0.4, 0.5) is 0 Å². The molecule has 1 aromatic carbocycles. The molecular weight excluding hydrogens is 378 g/mol. The fourth-order valence-corrected chi connectivity index (χ4v) is 4.65. The van der Waals surface area contributed by atoms with Crippen molar-refractivity contribution >= 4 is 28.3 Å². The first-order chi connectivity index (χ1) is 12.0. The summed E-state index contributed by atoms with van der Waals surface area (Å²) in [6.07, 6.45) is 1.97. The van der Waals surface area contributed by atoms with Gasteiger partial charge in [0.15, 0.2) is 0 Å². The van der Waals surface area contributed by atoms with Gasteiger partial charge in [-0.3, -0.25) is 4.79 Å². The van der Waals surface area contributed by atoms with Gasteiger partial charge < -0.3 is 15.0 Å². The minimum absolute atomic E-state index is 0. The third-order valence-corrected chi connectivity index (χ3v) is 6.71. The Kier molecular flexibility index (Phi) is 6.90. The molecule has 0 spiro atoms. The van der Waals surface area contributed by atoms with Crippen molar-refractivity contribution in [2.75, 3.05) is 40.3 Å². The first kappa shape index (κ1) is 21.0. The Bertz CT molecular complexity index is 742. The van der Waals surface area contributed by atoms with Gasteiger partial charge in [0.25, 0.3) is 5.91 Å². The minimum Gasteiger partial charge on any atom is -0.495 e. The number of methoxy groups -OCH3 is 1. The predicted molar refractivity (Wildman–Crippen MR) is 101 cm³/mol. The Morgan fingerprint density at radius 3 is 2.38 bits per heavy atom. The number of nitrogens with zero attached hydrogens (tertiary/aromatic N) is 1. The molecule has 0 aliphatic carbocycles. The van der Waals surface area contributed by atoms with Crippen molar-refractivity contribution in [2.45, 2.75) is 17.7 Å². The fraction of sp³-hybridized carbons (Fsp3) is 0.588. The molecule has 2 fully saturated rings. The summed E-state index contributed by atoms with van der Waals surface area (Å²) in [7, 11) is -0.953. The average molecular weight is 404 g/mol. The second-order valence-electron chi connectivity index (χ2n) is 6.62. The lowest BCUT2D eigenvalue weighted by atomic mass is 9.92. The van der Waals surface area contributed by atoms with E-state index in [0.717, 1.165) is 25.9 Å². The van der Waals surface area contributed by atoms with E-state index in [1.807, 2.05) is 4.90 Å². The number of ether oxygens (including phenoxy) is 1. The summed E-state index contributed by atoms with van der Waals surface area (Å²) in [4.78, 5) is 14.7. The summed E-state index contributed by atoms with van der Waals surface area (Å²) < 4.78 is 31.8. The molecule has 1 aromatic rings. The van der Waals surface area contributed by atoms with Crippen LogP contribution >= 0.6 is 12.4 Å². The van der Waals surface area contributed by atoms with Gasteiger partial charge in [-0.25, -0.2) is 13.1 Å². The summed E-state index contributed by atoms with van der Waals surface area (Å²) >= 11 is 0. The molecule has 26 heavy (non-hydrogen) atoms. The Hall–Kier alpha value is -1.35. The van der Waals surface area contributed by atoms with Crippen LogP contribution in [0.15, 0.2) is 23.1 Å². The molecule has 0 bridgehead atoms. The number of hydrogen-bond donors (Lipinski definition) is 2. The van der Waals surface area contributed by atoms with E-state index in [4.69, 9.17) is 4.74 Å². The van der Waals surface area contributed by atoms with E-state index in [2.05, 4.69) is 10.0 Å². The van der Waals surface area contributed by atoms with Crippen molar-refractivity contribution in [2.24, 2.45) is 11.8 Å². The number of carbonyl (C=O) groups is 1. The smallest absolute Gasteiger partial charge is 0.253 e. The number of amides is 1. The van der Waals surface area contributed by atoms with Crippen LogP contribution in [0.25, 0.3) is 0 Å². The molecule has 2 aliphatic heterocycles. The first-order valence-electron chi connectivity index (χ1n) is 8.58. The van der Waals surface area contributed by atoms with Crippen molar-refractivity contribution in [3.8, 4) is 5.75 Å². The lowest BCUT2D eigenvalue weighted by Crippen LogP contribution is -2.33. The number of fused-ring (bicyclic) bond motifs is 1. The monoisotopic (exact) mass is 403 g/mol. The molecule has 0 radical (unpaired) electrons. The average Bonchev–Trinajstić information content (AvgIpc) is 2.99. The molecule has 3 rings (SSSR count). The van der Waals surface area contributed by atoms with Crippen LogP contribution < -0.4 is 14.8 Å². The summed E-state index contributed by atoms with van der Waals surface area (Å²) in [6, 6.07) is 4.57. The number of halogens is 1. The van der Waals surface area contributed by atoms with Gasteiger partial charge in [-0.1, -0.05) is 0 Å². The number of rotatable bonds is 4. The third kappa shape index (κ3) is 4.14. The molecular formula is C17H26ClN3O4S. The highest BCUT2D eigenvalue weighted by atomic mass is 35.5. The first-order valence-corrected chi connectivity index (χ1v) is 10.1. The zero-order valence-corrected chi connectivity index (χ0v) is 16.7. The van der Waals surface area contributed by atoms with E-state index >= 15 is 0 Å². The van der Waals surface area contributed by atoms with Crippen molar-refractivity contribution in [3.63, 3.8) is 0 Å². The predicted octanol–water partition coefficient (Wildman–Crippen LogP) is 1.10. The molecule has 2 heterocycles. The maximum Gasteiger partial charge on any atom is 0.253 e. The molecule has 0 aromatic heterocycles. The van der Waals surface area contributed by atoms with Gasteiger partial charge in [0.05, 0.1) is 7.11 Å². The summed E-state index contributed by atoms with van der Waals surface area (Å²) in [6.45, 7) is 3.48. The molecule has 0 saturated carbocycles. The van der Waals surface area contributed by atoms with Gasteiger partial charge in [0.1, 0.15) is 10.6 Å². The zero-order valence-electron chi connectivity index (χ0n) is 15.0. The number of likely N-dealkylation sites (tertiary alicyclic amines) is 1. The van der Waals surface area contributed by atoms with Crippen LogP contribution in [0.1, 0.15) is 23.2 Å². The van der Waals surface area contributed by atoms with E-state index in [1.165, 1.54) is 26.3 Å². The zero-order chi connectivity index (χ0) is 18.0. The van der Waals surface area contributed by atoms with Crippen LogP contribution in [0.2, 0.25) is 0 Å². The topological polar surface area (TPSA) is 87.7 Å². The largest absolute Gasteiger partial charge is 0.495 e. The fourth-order valence-electron chi connectivity index (χ4n) is 3.73. The third-order valence-electron chi connectivity index (χ3n) is 5.28. The van der Waals surface area contributed by atoms with E-state index < -0.39 is 10.0 Å². The van der Waals surface area contributed by atoms with Gasteiger partial charge in [0, 0.05) is 18.7 Å². The molecule has 2 atom stereocenters. The maximum absolute atomic E-state index is 12.9. The Morgan fingerprint density at radius 1 is 1.23 bits per heavy atom. The highest BCUT2D eigenvalue weighted by Crippen LogP contribution is 2.29. The van der Waals surface area contributed by atoms with Crippen LogP contribution in [-0.2, 0) is 10.0 Å². The Morgan fingerprint density at radius 2 is 1.85 bits per heavy atom. The highest BCUT2D eigenvalue weighted by Gasteiger charge is 2.32. The van der Waals surface area contributed by atoms with Gasteiger partial charge >= 0.3 is 0 Å². The van der Waals surface area contributed by atoms with Crippen LogP contribution in [0.3, 0.4) is 0 Å². The lowest BCUT2D eigenvalue weighted by molar-refractivity contribution is 0.0758. The lowest BCUT2D eigenvalue weighted by Gasteiger charge is -2.21. The molecule has 1 amide bonds. The van der Waals surface area contributed by atoms with Crippen molar-refractivity contribution < 1.29 is 17.9 Å². The van der Waals surface area contributed by atoms with E-state index in [-0.39, 0.29) is 29.0 Å². The molecule has 9 heteroatoms. The van der Waals surface area contributed by atoms with Gasteiger partial charge in [-0.05, 0) is 63.0 Å². The SMILES string of the molecule is CNS(=O)(=O)c1cc(C(=O)N2CC[C@@H]3CNC[C@@H]3CC2)ccc1OC.Cl. The number of sulfonamides is 1. The molecule has 2 aliphatic rings. The van der Waals surface area contributed by atoms with Crippen molar-refractivity contribution in [1.29, 1.82) is 0 Å². The van der Waals surface area contributed by atoms with Crippen molar-refractivity contribution in [1.82, 2.24) is 14.9 Å². The highest BCUT2D eigenvalue weighted by molar-refractivity contribution is 7.89. The van der Waals surface area contributed by atoms with Crippen molar-refractivity contribution in [3.05, 3.63) is 23.8 Å². The normalized spacial score (nSPS) is 22.9. The van der Waals surface area contributed by atoms with Gasteiger partial charge in [-0.15, -0.1) is 12.4 Å². The minimum atomic E-state index is -3.70. The molecule has 2 saturated heterocycles. The second kappa shape index (κ2) is 8.56. The van der Waals surface area contributed by atoms with Crippen LogP contribution in [0, 0.1) is 11.8 Å². The van der Waals surface area contributed by atoms with E-state index in [0.29, 0.717) is 30.5 Å². The summed E-state index contributed by atoms with van der Waals surface area (Å²) in [5.41, 5.74) is 0.375. The molecule has 2 N–H and O–H groups in total. The van der Waals surface area contributed by atoms with Gasteiger partial charge in [0.2, 0.25) is 10.0 Å². The second-order valence-corrected chi connectivity index (χ2v) is 8.48. The number of hydrogen-bond acceptors (Lipinski definition) is 5. The van der Waals surface area contributed by atoms with Crippen LogP contribution in [-0.4, -0.2) is 59.6 Å². The summed E-state index contributed by atoms with van der Waals surface area (Å²) in [5, 5.41) is 3.42. The van der Waals surface area contributed by atoms with E-state index in [1.54, 1.807) is 6.07 Å². The number of benzene rings is 1. The molecule has 7 nitrogen and oxygen atoms in total. The number of nitrogens with one attached hydrogen (secondary N) is 2. The summed E-state index contributed by atoms with van der Waals surface area (Å²) in [5.74, 6) is 1.37. The standard InChI is InChI=1S/C17H25N3O4S.ClH/c1-18-25(22,23)16-9-12(3-4-15(16)24-2)17(21)20-7-5-13-10-19-11-14(13)6-8-20;/h3-4,9,13-14,18-19H,5-8,10-11H2,1-2H3;1H/t13-,14+;. The van der Waals surface area contributed by atoms with Crippen LogP contribution in [0.5, 0.6) is 5.75 Å². The number of carbonyl (C=O) groups excluding carboxylic acids is 1. The van der Waals surface area contributed by atoms with Gasteiger partial charge in [-0.2, -0.15) is 0 Å². The molecule has 146 valence electrons. The quantitative estimate of drug-likeness (QED) is 0.785. The Labute approximate surface area is 160 Å². The molecule has 0 unspecified atom stereocenters.